The van der Waals surface area contributed by atoms with Crippen LogP contribution in [0.25, 0.3) is 0 Å². The highest BCUT2D eigenvalue weighted by Crippen LogP contribution is 2.20. The summed E-state index contributed by atoms with van der Waals surface area (Å²) in [5, 5.41) is 0. The fraction of sp³-hybridized carbons (Fsp3) is 0.611. The van der Waals surface area contributed by atoms with Crippen molar-refractivity contribution in [1.82, 2.24) is 0 Å². The lowest BCUT2D eigenvalue weighted by atomic mass is 10.1. The Hall–Kier alpha value is -0.899. The second-order valence-electron chi connectivity index (χ2n) is 9.31. The van der Waals surface area contributed by atoms with E-state index in [0.717, 1.165) is 11.3 Å². The molecule has 1 atom stereocenters. The number of hydrogen-bond donors (Lipinski definition) is 0. The number of carbonyl (C=O) groups excluding carboxylic acids is 1. The van der Waals surface area contributed by atoms with Gasteiger partial charge in [0.15, 0.2) is 8.32 Å². The molecule has 0 saturated carbocycles. The highest BCUT2D eigenvalue weighted by atomic mass is 28.4. The lowest BCUT2D eigenvalue weighted by Gasteiger charge is -2.28. The Kier molecular flexibility index (Phi) is 7.26. The second kappa shape index (κ2) is 8.20. The van der Waals surface area contributed by atoms with Gasteiger partial charge < -0.3 is 13.3 Å². The molecular weight excluding hydrogens is 364 g/mol. The Morgan fingerprint density at radius 2 is 1.36 bits per heavy atom. The number of rotatable bonds is 8. The molecule has 0 radical (unpaired) electrons. The molecule has 1 aromatic rings. The maximum absolute atomic E-state index is 12.6. The highest BCUT2D eigenvalue weighted by molar-refractivity contribution is 6.71. The van der Waals surface area contributed by atoms with Crippen molar-refractivity contribution < 1.29 is 18.1 Å². The van der Waals surface area contributed by atoms with E-state index in [1.807, 2.05) is 43.9 Å². The van der Waals surface area contributed by atoms with Gasteiger partial charge in [-0.05, 0) is 76.6 Å². The van der Waals surface area contributed by atoms with Crippen LogP contribution in [0, 0.1) is 0 Å². The van der Waals surface area contributed by atoms with Crippen molar-refractivity contribution in [2.24, 2.45) is 0 Å². The fourth-order valence-corrected chi connectivity index (χ4v) is 4.84. The van der Waals surface area contributed by atoms with Gasteiger partial charge in [-0.1, -0.05) is 12.1 Å². The van der Waals surface area contributed by atoms with Crippen molar-refractivity contribution in [3.05, 3.63) is 29.8 Å². The molecule has 1 unspecified atom stereocenters. The third kappa shape index (κ3) is 9.98. The molecule has 0 bridgehead atoms. The van der Waals surface area contributed by atoms with E-state index in [9.17, 15) is 4.79 Å². The molecule has 25 heavy (non-hydrogen) atoms. The summed E-state index contributed by atoms with van der Waals surface area (Å²) in [5.41, 5.74) is 1.05. The van der Waals surface area contributed by atoms with E-state index in [0.29, 0.717) is 6.42 Å². The maximum Gasteiger partial charge on any atom is 0.321 e. The lowest BCUT2D eigenvalue weighted by molar-refractivity contribution is -0.143. The molecule has 0 heterocycles. The first-order valence-corrected chi connectivity index (χ1v) is 19.1. The first-order valence-electron chi connectivity index (χ1n) is 8.83. The van der Waals surface area contributed by atoms with Crippen LogP contribution < -0.4 is 4.43 Å². The van der Waals surface area contributed by atoms with Gasteiger partial charge >= 0.3 is 5.97 Å². The molecule has 4 nitrogen and oxygen atoms in total. The molecule has 0 aliphatic heterocycles. The van der Waals surface area contributed by atoms with Crippen LogP contribution in [0.3, 0.4) is 0 Å². The third-order valence-electron chi connectivity index (χ3n) is 2.93. The minimum Gasteiger partial charge on any atom is -0.544 e. The molecule has 0 N–H and O–H groups in total. The molecule has 1 aromatic carbocycles. The SMILES string of the molecule is C[Si](C)(C)OC(=O)C(Cc1ccc(O[Si](C)(C)C)cc1)O[Si](C)(C)C. The van der Waals surface area contributed by atoms with Crippen molar-refractivity contribution in [2.45, 2.75) is 71.4 Å². The summed E-state index contributed by atoms with van der Waals surface area (Å²) >= 11 is 0. The quantitative estimate of drug-likeness (QED) is 0.575. The summed E-state index contributed by atoms with van der Waals surface area (Å²) in [6, 6.07) is 7.97. The molecular formula is C18H34O4Si3. The molecule has 7 heteroatoms. The Morgan fingerprint density at radius 1 is 0.840 bits per heavy atom. The van der Waals surface area contributed by atoms with Crippen molar-refractivity contribution >= 4 is 30.9 Å². The summed E-state index contributed by atoms with van der Waals surface area (Å²) < 4.78 is 17.8. The Labute approximate surface area is 156 Å². The van der Waals surface area contributed by atoms with Gasteiger partial charge in [0.25, 0.3) is 0 Å². The molecule has 0 amide bonds. The van der Waals surface area contributed by atoms with E-state index in [-0.39, 0.29) is 5.97 Å². The molecule has 0 aliphatic carbocycles. The van der Waals surface area contributed by atoms with E-state index in [4.69, 9.17) is 13.3 Å². The molecule has 0 spiro atoms. The number of hydrogen-bond acceptors (Lipinski definition) is 4. The van der Waals surface area contributed by atoms with Gasteiger partial charge in [-0.15, -0.1) is 0 Å². The molecule has 0 aliphatic rings. The lowest BCUT2D eigenvalue weighted by Crippen LogP contribution is -2.42. The van der Waals surface area contributed by atoms with E-state index < -0.39 is 31.1 Å². The smallest absolute Gasteiger partial charge is 0.321 e. The van der Waals surface area contributed by atoms with Crippen LogP contribution in [0.1, 0.15) is 5.56 Å². The zero-order valence-electron chi connectivity index (χ0n) is 17.2. The maximum atomic E-state index is 12.6. The largest absolute Gasteiger partial charge is 0.544 e. The van der Waals surface area contributed by atoms with Gasteiger partial charge in [-0.25, -0.2) is 0 Å². The standard InChI is InChI=1S/C18H34O4Si3/c1-23(2,3)20-16-12-10-15(11-13-16)14-17(21-24(4,5)6)18(19)22-25(7,8)9/h10-13,17H,14H2,1-9H3. The zero-order chi connectivity index (χ0) is 19.5. The predicted molar refractivity (Wildman–Crippen MR) is 112 cm³/mol. The summed E-state index contributed by atoms with van der Waals surface area (Å²) in [5.74, 6) is 0.652. The van der Waals surface area contributed by atoms with Crippen LogP contribution in [-0.2, 0) is 20.1 Å². The Morgan fingerprint density at radius 3 is 1.76 bits per heavy atom. The van der Waals surface area contributed by atoms with Gasteiger partial charge in [0, 0.05) is 6.42 Å². The van der Waals surface area contributed by atoms with Crippen molar-refractivity contribution in [3.8, 4) is 5.75 Å². The van der Waals surface area contributed by atoms with Crippen molar-refractivity contribution in [3.63, 3.8) is 0 Å². The van der Waals surface area contributed by atoms with Gasteiger partial charge in [-0.2, -0.15) is 0 Å². The topological polar surface area (TPSA) is 44.8 Å². The molecule has 1 rings (SSSR count). The average Bonchev–Trinajstić information content (AvgIpc) is 2.35. The predicted octanol–water partition coefficient (Wildman–Crippen LogP) is 5.04. The van der Waals surface area contributed by atoms with Crippen LogP contribution in [0.15, 0.2) is 24.3 Å². The normalized spacial score (nSPS) is 14.1. The van der Waals surface area contributed by atoms with Crippen LogP contribution in [-0.4, -0.2) is 37.0 Å². The van der Waals surface area contributed by atoms with Gasteiger partial charge in [0.1, 0.15) is 11.9 Å². The van der Waals surface area contributed by atoms with Crippen molar-refractivity contribution in [1.29, 1.82) is 0 Å². The first kappa shape index (κ1) is 22.1. The fourth-order valence-electron chi connectivity index (χ4n) is 2.23. The van der Waals surface area contributed by atoms with Gasteiger partial charge in [-0.3, -0.25) is 4.79 Å². The third-order valence-corrected chi connectivity index (χ3v) is 5.59. The van der Waals surface area contributed by atoms with E-state index in [2.05, 4.69) is 39.3 Å². The molecule has 0 aromatic heterocycles. The van der Waals surface area contributed by atoms with Gasteiger partial charge in [0.2, 0.25) is 16.6 Å². The summed E-state index contributed by atoms with van der Waals surface area (Å²) in [6.07, 6.45) is -0.0111. The summed E-state index contributed by atoms with van der Waals surface area (Å²) in [7, 11) is -5.41. The van der Waals surface area contributed by atoms with Crippen LogP contribution in [0.5, 0.6) is 5.75 Å². The summed E-state index contributed by atoms with van der Waals surface area (Å²) in [6.45, 7) is 18.8. The Bertz CT molecular complexity index is 566. The zero-order valence-corrected chi connectivity index (χ0v) is 20.2. The highest BCUT2D eigenvalue weighted by Gasteiger charge is 2.31. The minimum atomic E-state index is -1.94. The summed E-state index contributed by atoms with van der Waals surface area (Å²) in [4.78, 5) is 12.6. The van der Waals surface area contributed by atoms with E-state index >= 15 is 0 Å². The first-order chi connectivity index (χ1) is 11.1. The minimum absolute atomic E-state index is 0.232. The van der Waals surface area contributed by atoms with Crippen LogP contribution >= 0.6 is 0 Å². The van der Waals surface area contributed by atoms with E-state index in [1.165, 1.54) is 0 Å². The molecule has 0 fully saturated rings. The monoisotopic (exact) mass is 398 g/mol. The number of benzene rings is 1. The van der Waals surface area contributed by atoms with Crippen molar-refractivity contribution in [2.75, 3.05) is 0 Å². The Balaban J connectivity index is 2.88. The van der Waals surface area contributed by atoms with Crippen LogP contribution in [0.2, 0.25) is 58.9 Å². The molecule has 0 saturated heterocycles. The van der Waals surface area contributed by atoms with E-state index in [1.54, 1.807) is 0 Å². The second-order valence-corrected chi connectivity index (χ2v) is 22.6. The number of carbonyl (C=O) groups is 1. The average molecular weight is 399 g/mol. The van der Waals surface area contributed by atoms with Gasteiger partial charge in [0.05, 0.1) is 0 Å². The van der Waals surface area contributed by atoms with Crippen LogP contribution in [0.4, 0.5) is 0 Å². The molecule has 142 valence electrons.